The summed E-state index contributed by atoms with van der Waals surface area (Å²) in [5, 5.41) is 0. The summed E-state index contributed by atoms with van der Waals surface area (Å²) in [6.07, 6.45) is 3.40. The lowest BCUT2D eigenvalue weighted by molar-refractivity contribution is 0.271. The van der Waals surface area contributed by atoms with Crippen molar-refractivity contribution in [1.82, 2.24) is 9.97 Å². The molecular weight excluding hydrogens is 314 g/mol. The number of nitrogens with one attached hydrogen (secondary N) is 1. The Balaban J connectivity index is 1.86. The summed E-state index contributed by atoms with van der Waals surface area (Å²) in [6, 6.07) is 11.6. The molecule has 0 radical (unpaired) electrons. The van der Waals surface area contributed by atoms with E-state index in [-0.39, 0.29) is 0 Å². The molecule has 0 saturated carbocycles. The number of hydrogen-bond acceptors (Lipinski definition) is 4. The van der Waals surface area contributed by atoms with Gasteiger partial charge in [-0.15, -0.1) is 0 Å². The van der Waals surface area contributed by atoms with Crippen LogP contribution in [0.15, 0.2) is 36.4 Å². The third-order valence-electron chi connectivity index (χ3n) is 4.03. The van der Waals surface area contributed by atoms with Gasteiger partial charge in [0.25, 0.3) is 0 Å². The maximum Gasteiger partial charge on any atom is 0.161 e. The van der Waals surface area contributed by atoms with Gasteiger partial charge in [0.1, 0.15) is 5.82 Å². The van der Waals surface area contributed by atoms with E-state index in [0.29, 0.717) is 18.9 Å². The number of nitrogens with two attached hydrogens (primary N) is 1. The standard InChI is InChI=1S/C20H25N3O2/c1-3-5-6-11-25-18-10-7-14(12-19(18)24-4-2)20-22-16-9-8-15(21)13-17(16)23-20/h7-10,12-13H,3-6,11,21H2,1-2H3,(H,22,23). The van der Waals surface area contributed by atoms with Gasteiger partial charge in [0.05, 0.1) is 24.2 Å². The number of imidazole rings is 1. The van der Waals surface area contributed by atoms with E-state index < -0.39 is 0 Å². The number of anilines is 1. The highest BCUT2D eigenvalue weighted by Crippen LogP contribution is 2.33. The van der Waals surface area contributed by atoms with Gasteiger partial charge in [0, 0.05) is 11.3 Å². The first kappa shape index (κ1) is 17.1. The molecule has 1 aromatic heterocycles. The van der Waals surface area contributed by atoms with Crippen molar-refractivity contribution in [2.75, 3.05) is 18.9 Å². The fourth-order valence-electron chi connectivity index (χ4n) is 2.74. The number of unbranched alkanes of at least 4 members (excludes halogenated alkanes) is 2. The van der Waals surface area contributed by atoms with Gasteiger partial charge in [-0.05, 0) is 49.7 Å². The van der Waals surface area contributed by atoms with Crippen molar-refractivity contribution in [1.29, 1.82) is 0 Å². The van der Waals surface area contributed by atoms with E-state index in [1.54, 1.807) is 0 Å². The summed E-state index contributed by atoms with van der Waals surface area (Å²) >= 11 is 0. The van der Waals surface area contributed by atoms with E-state index >= 15 is 0 Å². The van der Waals surface area contributed by atoms with Crippen LogP contribution in [0.2, 0.25) is 0 Å². The van der Waals surface area contributed by atoms with Gasteiger partial charge in [0.2, 0.25) is 0 Å². The smallest absolute Gasteiger partial charge is 0.161 e. The van der Waals surface area contributed by atoms with Crippen LogP contribution in [-0.4, -0.2) is 23.2 Å². The van der Waals surface area contributed by atoms with Gasteiger partial charge in [-0.25, -0.2) is 4.98 Å². The van der Waals surface area contributed by atoms with Gasteiger partial charge in [-0.3, -0.25) is 0 Å². The molecule has 3 N–H and O–H groups in total. The molecule has 1 heterocycles. The maximum absolute atomic E-state index is 5.89. The molecular formula is C20H25N3O2. The van der Waals surface area contributed by atoms with Crippen LogP contribution in [0.1, 0.15) is 33.1 Å². The number of H-pyrrole nitrogens is 1. The molecule has 3 aromatic rings. The molecule has 0 aliphatic heterocycles. The largest absolute Gasteiger partial charge is 0.490 e. The monoisotopic (exact) mass is 339 g/mol. The Morgan fingerprint density at radius 2 is 1.88 bits per heavy atom. The SMILES string of the molecule is CCCCCOc1ccc(-c2nc3ccc(N)cc3[nH]2)cc1OCC. The van der Waals surface area contributed by atoms with Crippen molar-refractivity contribution in [3.63, 3.8) is 0 Å². The van der Waals surface area contributed by atoms with Crippen LogP contribution in [0.3, 0.4) is 0 Å². The second-order valence-corrected chi connectivity index (χ2v) is 6.01. The third-order valence-corrected chi connectivity index (χ3v) is 4.03. The summed E-state index contributed by atoms with van der Waals surface area (Å²) in [7, 11) is 0. The molecule has 2 aromatic carbocycles. The van der Waals surface area contributed by atoms with Crippen molar-refractivity contribution < 1.29 is 9.47 Å². The molecule has 0 spiro atoms. The first-order valence-electron chi connectivity index (χ1n) is 8.86. The molecule has 5 heteroatoms. The lowest BCUT2D eigenvalue weighted by Gasteiger charge is -2.12. The van der Waals surface area contributed by atoms with E-state index in [9.17, 15) is 0 Å². The predicted molar refractivity (Wildman–Crippen MR) is 102 cm³/mol. The zero-order valence-corrected chi connectivity index (χ0v) is 14.8. The minimum absolute atomic E-state index is 0.589. The summed E-state index contributed by atoms with van der Waals surface area (Å²) in [4.78, 5) is 7.95. The van der Waals surface area contributed by atoms with Crippen LogP contribution in [-0.2, 0) is 0 Å². The van der Waals surface area contributed by atoms with Crippen LogP contribution in [0, 0.1) is 0 Å². The van der Waals surface area contributed by atoms with Crippen LogP contribution in [0.5, 0.6) is 11.5 Å². The van der Waals surface area contributed by atoms with Crippen LogP contribution >= 0.6 is 0 Å². The molecule has 0 saturated heterocycles. The number of nitrogens with zero attached hydrogens (tertiary/aromatic N) is 1. The number of ether oxygens (including phenoxy) is 2. The molecule has 25 heavy (non-hydrogen) atoms. The van der Waals surface area contributed by atoms with Gasteiger partial charge in [-0.1, -0.05) is 19.8 Å². The van der Waals surface area contributed by atoms with Crippen molar-refractivity contribution in [2.45, 2.75) is 33.1 Å². The Morgan fingerprint density at radius 3 is 2.68 bits per heavy atom. The molecule has 3 rings (SSSR count). The van der Waals surface area contributed by atoms with Crippen molar-refractivity contribution >= 4 is 16.7 Å². The molecule has 0 aliphatic rings. The molecule has 0 atom stereocenters. The van der Waals surface area contributed by atoms with Crippen molar-refractivity contribution in [3.05, 3.63) is 36.4 Å². The molecule has 0 amide bonds. The Kier molecular flexibility index (Phi) is 5.43. The quantitative estimate of drug-likeness (QED) is 0.457. The Morgan fingerprint density at radius 1 is 1.00 bits per heavy atom. The predicted octanol–water partition coefficient (Wildman–Crippen LogP) is 4.78. The molecule has 132 valence electrons. The highest BCUT2D eigenvalue weighted by molar-refractivity contribution is 5.82. The Labute approximate surface area is 148 Å². The van der Waals surface area contributed by atoms with E-state index in [1.807, 2.05) is 43.3 Å². The second kappa shape index (κ2) is 7.92. The van der Waals surface area contributed by atoms with E-state index in [1.165, 1.54) is 12.8 Å². The third kappa shape index (κ3) is 4.05. The zero-order chi connectivity index (χ0) is 17.6. The normalized spacial score (nSPS) is 11.0. The van der Waals surface area contributed by atoms with Gasteiger partial charge in [0.15, 0.2) is 11.5 Å². The van der Waals surface area contributed by atoms with E-state index in [4.69, 9.17) is 15.2 Å². The lowest BCUT2D eigenvalue weighted by Crippen LogP contribution is -2.01. The average molecular weight is 339 g/mol. The molecule has 5 nitrogen and oxygen atoms in total. The molecule has 0 unspecified atom stereocenters. The van der Waals surface area contributed by atoms with Gasteiger partial charge >= 0.3 is 0 Å². The van der Waals surface area contributed by atoms with E-state index in [2.05, 4.69) is 16.9 Å². The van der Waals surface area contributed by atoms with Crippen LogP contribution in [0.4, 0.5) is 5.69 Å². The first-order valence-corrected chi connectivity index (χ1v) is 8.86. The summed E-state index contributed by atoms with van der Waals surface area (Å²) in [6.45, 7) is 5.45. The highest BCUT2D eigenvalue weighted by Gasteiger charge is 2.11. The van der Waals surface area contributed by atoms with Crippen molar-refractivity contribution in [3.8, 4) is 22.9 Å². The number of aromatic nitrogens is 2. The maximum atomic E-state index is 5.89. The fraction of sp³-hybridized carbons (Fsp3) is 0.350. The Hall–Kier alpha value is -2.69. The molecule has 0 bridgehead atoms. The fourth-order valence-corrected chi connectivity index (χ4v) is 2.74. The van der Waals surface area contributed by atoms with E-state index in [0.717, 1.165) is 40.3 Å². The van der Waals surface area contributed by atoms with Gasteiger partial charge < -0.3 is 20.2 Å². The lowest BCUT2D eigenvalue weighted by atomic mass is 10.2. The van der Waals surface area contributed by atoms with Crippen LogP contribution in [0.25, 0.3) is 22.4 Å². The van der Waals surface area contributed by atoms with Gasteiger partial charge in [-0.2, -0.15) is 0 Å². The second-order valence-electron chi connectivity index (χ2n) is 6.01. The molecule has 0 aliphatic carbocycles. The Bertz CT molecular complexity index is 842. The average Bonchev–Trinajstić information content (AvgIpc) is 3.03. The first-order chi connectivity index (χ1) is 12.2. The number of hydrogen-bond donors (Lipinski definition) is 2. The van der Waals surface area contributed by atoms with Crippen LogP contribution < -0.4 is 15.2 Å². The molecule has 0 fully saturated rings. The number of aromatic amines is 1. The highest BCUT2D eigenvalue weighted by atomic mass is 16.5. The zero-order valence-electron chi connectivity index (χ0n) is 14.8. The number of nitrogen functional groups attached to an aromatic ring is 1. The minimum atomic E-state index is 0.589. The summed E-state index contributed by atoms with van der Waals surface area (Å²) in [5.41, 5.74) is 9.33. The number of benzene rings is 2. The number of fused-ring (bicyclic) bond motifs is 1. The topological polar surface area (TPSA) is 73.2 Å². The summed E-state index contributed by atoms with van der Waals surface area (Å²) < 4.78 is 11.6. The van der Waals surface area contributed by atoms with Crippen molar-refractivity contribution in [2.24, 2.45) is 0 Å². The number of rotatable bonds is 8. The summed E-state index contributed by atoms with van der Waals surface area (Å²) in [5.74, 6) is 2.32. The minimum Gasteiger partial charge on any atom is -0.490 e.